The normalized spacial score (nSPS) is 10.5. The molecule has 0 aliphatic carbocycles. The van der Waals surface area contributed by atoms with Crippen molar-refractivity contribution >= 4 is 5.69 Å². The highest BCUT2D eigenvalue weighted by Gasteiger charge is 2.09. The van der Waals surface area contributed by atoms with Crippen molar-refractivity contribution in [1.29, 1.82) is 0 Å². The van der Waals surface area contributed by atoms with Gasteiger partial charge >= 0.3 is 0 Å². The number of hydrogen-bond donors (Lipinski definition) is 1. The standard InChI is InChI=1S/C15H15F2NO/c1-18-15-8-14(17)13(16)7-12(15)10-19-9-11-5-3-2-4-6-11/h2-8,18H,9-10H2,1H3. The molecule has 2 rings (SSSR count). The molecule has 0 heterocycles. The van der Waals surface area contributed by atoms with E-state index in [-0.39, 0.29) is 6.61 Å². The zero-order valence-electron chi connectivity index (χ0n) is 10.6. The van der Waals surface area contributed by atoms with Gasteiger partial charge in [-0.15, -0.1) is 0 Å². The Morgan fingerprint density at radius 3 is 2.37 bits per heavy atom. The van der Waals surface area contributed by atoms with E-state index in [1.54, 1.807) is 7.05 Å². The molecular formula is C15H15F2NO. The van der Waals surface area contributed by atoms with Crippen LogP contribution in [-0.4, -0.2) is 7.05 Å². The number of halogens is 2. The van der Waals surface area contributed by atoms with Crippen LogP contribution in [0.15, 0.2) is 42.5 Å². The van der Waals surface area contributed by atoms with Gasteiger partial charge in [-0.1, -0.05) is 30.3 Å². The first-order chi connectivity index (χ1) is 9.20. The molecular weight excluding hydrogens is 248 g/mol. The summed E-state index contributed by atoms with van der Waals surface area (Å²) in [7, 11) is 1.66. The van der Waals surface area contributed by atoms with Crippen molar-refractivity contribution < 1.29 is 13.5 Å². The molecule has 1 N–H and O–H groups in total. The Morgan fingerprint density at radius 1 is 1.00 bits per heavy atom. The van der Waals surface area contributed by atoms with Crippen molar-refractivity contribution in [3.8, 4) is 0 Å². The number of nitrogens with one attached hydrogen (secondary N) is 1. The second-order valence-electron chi connectivity index (χ2n) is 4.15. The van der Waals surface area contributed by atoms with E-state index in [0.717, 1.165) is 17.7 Å². The van der Waals surface area contributed by atoms with Gasteiger partial charge in [0, 0.05) is 24.4 Å². The van der Waals surface area contributed by atoms with Crippen molar-refractivity contribution in [3.05, 3.63) is 65.2 Å². The highest BCUT2D eigenvalue weighted by molar-refractivity contribution is 5.51. The molecule has 2 nitrogen and oxygen atoms in total. The molecule has 0 amide bonds. The van der Waals surface area contributed by atoms with E-state index in [2.05, 4.69) is 5.32 Å². The third kappa shape index (κ3) is 3.51. The molecule has 0 saturated heterocycles. The molecule has 0 unspecified atom stereocenters. The van der Waals surface area contributed by atoms with Crippen molar-refractivity contribution in [2.75, 3.05) is 12.4 Å². The van der Waals surface area contributed by atoms with Gasteiger partial charge in [0.05, 0.1) is 13.2 Å². The quantitative estimate of drug-likeness (QED) is 0.887. The lowest BCUT2D eigenvalue weighted by atomic mass is 10.1. The summed E-state index contributed by atoms with van der Waals surface area (Å²) in [5.41, 5.74) is 2.17. The Balaban J connectivity index is 2.01. The third-order valence-electron chi connectivity index (χ3n) is 2.78. The zero-order chi connectivity index (χ0) is 13.7. The molecule has 0 radical (unpaired) electrons. The predicted octanol–water partition coefficient (Wildman–Crippen LogP) is 3.72. The highest BCUT2D eigenvalue weighted by Crippen LogP contribution is 2.20. The number of benzene rings is 2. The van der Waals surface area contributed by atoms with Crippen LogP contribution in [0.4, 0.5) is 14.5 Å². The van der Waals surface area contributed by atoms with Gasteiger partial charge in [-0.05, 0) is 11.6 Å². The Kier molecular flexibility index (Phi) is 4.47. The molecule has 19 heavy (non-hydrogen) atoms. The minimum absolute atomic E-state index is 0.224. The van der Waals surface area contributed by atoms with Crippen molar-refractivity contribution in [1.82, 2.24) is 0 Å². The average molecular weight is 263 g/mol. The molecule has 0 fully saturated rings. The Bertz CT molecular complexity index is 543. The second kappa shape index (κ2) is 6.29. The molecule has 0 aliphatic heterocycles. The Hall–Kier alpha value is -1.94. The van der Waals surface area contributed by atoms with Crippen LogP contribution in [0.1, 0.15) is 11.1 Å². The van der Waals surface area contributed by atoms with Crippen molar-refractivity contribution in [2.45, 2.75) is 13.2 Å². The van der Waals surface area contributed by atoms with E-state index in [1.807, 2.05) is 30.3 Å². The van der Waals surface area contributed by atoms with E-state index in [4.69, 9.17) is 4.74 Å². The van der Waals surface area contributed by atoms with Crippen molar-refractivity contribution in [3.63, 3.8) is 0 Å². The van der Waals surface area contributed by atoms with E-state index in [9.17, 15) is 8.78 Å². The van der Waals surface area contributed by atoms with Gasteiger partial charge in [0.2, 0.25) is 0 Å². The summed E-state index contributed by atoms with van der Waals surface area (Å²) in [6.45, 7) is 0.658. The van der Waals surface area contributed by atoms with E-state index < -0.39 is 11.6 Å². The lowest BCUT2D eigenvalue weighted by molar-refractivity contribution is 0.107. The molecule has 0 bridgehead atoms. The number of rotatable bonds is 5. The highest BCUT2D eigenvalue weighted by atomic mass is 19.2. The molecule has 0 spiro atoms. The summed E-state index contributed by atoms with van der Waals surface area (Å²) in [4.78, 5) is 0. The van der Waals surface area contributed by atoms with Crippen LogP contribution in [0.5, 0.6) is 0 Å². The molecule has 100 valence electrons. The third-order valence-corrected chi connectivity index (χ3v) is 2.78. The van der Waals surface area contributed by atoms with Crippen LogP contribution in [0, 0.1) is 11.6 Å². The fourth-order valence-electron chi connectivity index (χ4n) is 1.79. The van der Waals surface area contributed by atoms with Gasteiger partial charge in [0.25, 0.3) is 0 Å². The summed E-state index contributed by atoms with van der Waals surface area (Å²) in [6.07, 6.45) is 0. The molecule has 0 atom stereocenters. The SMILES string of the molecule is CNc1cc(F)c(F)cc1COCc1ccccc1. The van der Waals surface area contributed by atoms with Gasteiger partial charge in [-0.3, -0.25) is 0 Å². The van der Waals surface area contributed by atoms with Crippen LogP contribution in [0.2, 0.25) is 0 Å². The summed E-state index contributed by atoms with van der Waals surface area (Å²) in [5, 5.41) is 2.83. The maximum absolute atomic E-state index is 13.2. The molecule has 0 aliphatic rings. The van der Waals surface area contributed by atoms with Gasteiger partial charge in [-0.2, -0.15) is 0 Å². The fraction of sp³-hybridized carbons (Fsp3) is 0.200. The predicted molar refractivity (Wildman–Crippen MR) is 70.8 cm³/mol. The van der Waals surface area contributed by atoms with Gasteiger partial charge in [0.15, 0.2) is 11.6 Å². The summed E-state index contributed by atoms with van der Waals surface area (Å²) in [5.74, 6) is -1.73. The largest absolute Gasteiger partial charge is 0.388 e. The molecule has 0 saturated carbocycles. The maximum atomic E-state index is 13.2. The number of anilines is 1. The first kappa shape index (κ1) is 13.5. The van der Waals surface area contributed by atoms with Gasteiger partial charge < -0.3 is 10.1 Å². The minimum Gasteiger partial charge on any atom is -0.388 e. The summed E-state index contributed by atoms with van der Waals surface area (Å²) in [6, 6.07) is 12.0. The topological polar surface area (TPSA) is 21.3 Å². The van der Waals surface area contributed by atoms with Gasteiger partial charge in [0.1, 0.15) is 0 Å². The first-order valence-electron chi connectivity index (χ1n) is 5.98. The number of hydrogen-bond acceptors (Lipinski definition) is 2. The van der Waals surface area contributed by atoms with E-state index in [1.165, 1.54) is 0 Å². The molecule has 0 aromatic heterocycles. The van der Waals surface area contributed by atoms with Crippen LogP contribution in [-0.2, 0) is 18.0 Å². The maximum Gasteiger partial charge on any atom is 0.160 e. The smallest absolute Gasteiger partial charge is 0.160 e. The Morgan fingerprint density at radius 2 is 1.68 bits per heavy atom. The van der Waals surface area contributed by atoms with Crippen molar-refractivity contribution in [2.24, 2.45) is 0 Å². The Labute approximate surface area is 111 Å². The van der Waals surface area contributed by atoms with Gasteiger partial charge in [-0.25, -0.2) is 8.78 Å². The summed E-state index contributed by atoms with van der Waals surface area (Å²) >= 11 is 0. The molecule has 2 aromatic carbocycles. The van der Waals surface area contributed by atoms with Crippen LogP contribution >= 0.6 is 0 Å². The van der Waals surface area contributed by atoms with Crippen LogP contribution in [0.3, 0.4) is 0 Å². The fourth-order valence-corrected chi connectivity index (χ4v) is 1.79. The van der Waals surface area contributed by atoms with E-state index >= 15 is 0 Å². The van der Waals surface area contributed by atoms with Crippen LogP contribution in [0.25, 0.3) is 0 Å². The second-order valence-corrected chi connectivity index (χ2v) is 4.15. The first-order valence-corrected chi connectivity index (χ1v) is 5.98. The summed E-state index contributed by atoms with van der Waals surface area (Å²) < 4.78 is 31.8. The minimum atomic E-state index is -0.865. The lowest BCUT2D eigenvalue weighted by Crippen LogP contribution is -2.01. The molecule has 2 aromatic rings. The average Bonchev–Trinajstić information content (AvgIpc) is 2.43. The lowest BCUT2D eigenvalue weighted by Gasteiger charge is -2.10. The molecule has 4 heteroatoms. The zero-order valence-corrected chi connectivity index (χ0v) is 10.6. The monoisotopic (exact) mass is 263 g/mol. The van der Waals surface area contributed by atoms with Crippen LogP contribution < -0.4 is 5.32 Å². The number of ether oxygens (including phenoxy) is 1. The van der Waals surface area contributed by atoms with E-state index in [0.29, 0.717) is 17.9 Å².